The van der Waals surface area contributed by atoms with Crippen molar-refractivity contribution >= 4 is 17.7 Å². The molecular weight excluding hydrogens is 282 g/mol. The highest BCUT2D eigenvalue weighted by atomic mass is 32.2. The van der Waals surface area contributed by atoms with Crippen molar-refractivity contribution in [3.05, 3.63) is 36.5 Å². The lowest BCUT2D eigenvalue weighted by Gasteiger charge is -2.11. The van der Waals surface area contributed by atoms with Crippen LogP contribution in [0.3, 0.4) is 0 Å². The van der Waals surface area contributed by atoms with Gasteiger partial charge < -0.3 is 9.88 Å². The molecule has 110 valence electrons. The third-order valence-electron chi connectivity index (χ3n) is 3.59. The van der Waals surface area contributed by atoms with E-state index in [-0.39, 0.29) is 11.2 Å². The number of nitrogens with one attached hydrogen (secondary N) is 1. The van der Waals surface area contributed by atoms with Gasteiger partial charge in [-0.25, -0.2) is 4.98 Å². The number of benzene rings is 1. The van der Waals surface area contributed by atoms with Gasteiger partial charge in [0.25, 0.3) is 0 Å². The maximum atomic E-state index is 12.0. The largest absolute Gasteiger partial charge is 0.352 e. The van der Waals surface area contributed by atoms with Crippen molar-refractivity contribution in [2.24, 2.45) is 7.05 Å². The summed E-state index contributed by atoms with van der Waals surface area (Å²) in [5.74, 6) is 0.103. The molecule has 1 aromatic heterocycles. The van der Waals surface area contributed by atoms with Gasteiger partial charge in [-0.1, -0.05) is 42.1 Å². The number of nitrogens with zero attached hydrogens (tertiary/aromatic N) is 2. The van der Waals surface area contributed by atoms with Crippen LogP contribution in [0, 0.1) is 0 Å². The van der Waals surface area contributed by atoms with Gasteiger partial charge in [-0.3, -0.25) is 4.79 Å². The van der Waals surface area contributed by atoms with Crippen LogP contribution >= 0.6 is 11.8 Å². The summed E-state index contributed by atoms with van der Waals surface area (Å²) in [4.78, 5) is 16.5. The molecule has 4 nitrogen and oxygen atoms in total. The predicted molar refractivity (Wildman–Crippen MR) is 85.1 cm³/mol. The number of hydrogen-bond donors (Lipinski definition) is 1. The third-order valence-corrected chi connectivity index (χ3v) is 4.75. The lowest BCUT2D eigenvalue weighted by molar-refractivity contribution is -0.120. The minimum Gasteiger partial charge on any atom is -0.352 e. The quantitative estimate of drug-likeness (QED) is 0.864. The Morgan fingerprint density at radius 1 is 1.38 bits per heavy atom. The van der Waals surface area contributed by atoms with Gasteiger partial charge in [0.15, 0.2) is 5.16 Å². The fraction of sp³-hybridized carbons (Fsp3) is 0.375. The number of rotatable bonds is 5. The van der Waals surface area contributed by atoms with Crippen LogP contribution in [-0.4, -0.2) is 26.8 Å². The number of hydrogen-bond acceptors (Lipinski definition) is 3. The Hall–Kier alpha value is -1.75. The van der Waals surface area contributed by atoms with E-state index in [1.165, 1.54) is 11.8 Å². The topological polar surface area (TPSA) is 46.9 Å². The summed E-state index contributed by atoms with van der Waals surface area (Å²) in [6, 6.07) is 10.6. The Morgan fingerprint density at radius 2 is 2.10 bits per heavy atom. The van der Waals surface area contributed by atoms with Gasteiger partial charge in [0.1, 0.15) is 0 Å². The maximum Gasteiger partial charge on any atom is 0.233 e. The second-order valence-corrected chi connectivity index (χ2v) is 6.70. The highest BCUT2D eigenvalue weighted by Gasteiger charge is 2.26. The lowest BCUT2D eigenvalue weighted by atomic mass is 10.2. The number of carbonyl (C=O) groups excluding carboxylic acids is 1. The van der Waals surface area contributed by atoms with Crippen molar-refractivity contribution in [2.75, 3.05) is 0 Å². The SMILES string of the molecule is CC(Sc1ncc(-c2ccccc2)n1C)C(=O)NC1CC1. The lowest BCUT2D eigenvalue weighted by Crippen LogP contribution is -2.32. The van der Waals surface area contributed by atoms with E-state index in [0.717, 1.165) is 29.3 Å². The van der Waals surface area contributed by atoms with Crippen LogP contribution < -0.4 is 5.32 Å². The molecule has 0 bridgehead atoms. The number of amides is 1. The number of carbonyl (C=O) groups is 1. The molecule has 3 rings (SSSR count). The number of thioether (sulfide) groups is 1. The zero-order valence-electron chi connectivity index (χ0n) is 12.2. The number of aromatic nitrogens is 2. The van der Waals surface area contributed by atoms with E-state index in [4.69, 9.17) is 0 Å². The summed E-state index contributed by atoms with van der Waals surface area (Å²) in [5, 5.41) is 3.77. The zero-order valence-corrected chi connectivity index (χ0v) is 13.1. The second-order valence-electron chi connectivity index (χ2n) is 5.39. The zero-order chi connectivity index (χ0) is 14.8. The van der Waals surface area contributed by atoms with E-state index in [9.17, 15) is 4.79 Å². The minimum absolute atomic E-state index is 0.103. The van der Waals surface area contributed by atoms with Gasteiger partial charge in [0.2, 0.25) is 5.91 Å². The molecule has 0 radical (unpaired) electrons. The molecule has 1 N–H and O–H groups in total. The molecule has 1 atom stereocenters. The molecule has 21 heavy (non-hydrogen) atoms. The first-order valence-electron chi connectivity index (χ1n) is 7.19. The molecule has 1 aliphatic carbocycles. The van der Waals surface area contributed by atoms with Crippen LogP contribution in [0.1, 0.15) is 19.8 Å². The standard InChI is InChI=1S/C16H19N3OS/c1-11(15(20)18-13-8-9-13)21-16-17-10-14(19(16)2)12-6-4-3-5-7-12/h3-7,10-11,13H,8-9H2,1-2H3,(H,18,20). The molecular formula is C16H19N3OS. The number of imidazole rings is 1. The van der Waals surface area contributed by atoms with Crippen molar-refractivity contribution in [1.82, 2.24) is 14.9 Å². The normalized spacial score (nSPS) is 15.7. The highest BCUT2D eigenvalue weighted by molar-refractivity contribution is 8.00. The van der Waals surface area contributed by atoms with Crippen LogP contribution in [0.4, 0.5) is 0 Å². The molecule has 1 amide bonds. The van der Waals surface area contributed by atoms with E-state index >= 15 is 0 Å². The fourth-order valence-electron chi connectivity index (χ4n) is 2.14. The Labute approximate surface area is 129 Å². The Kier molecular flexibility index (Phi) is 4.01. The summed E-state index contributed by atoms with van der Waals surface area (Å²) in [6.07, 6.45) is 4.09. The molecule has 0 aliphatic heterocycles. The molecule has 1 aromatic carbocycles. The van der Waals surface area contributed by atoms with Gasteiger partial charge in [-0.15, -0.1) is 0 Å². The molecule has 1 aliphatic rings. The minimum atomic E-state index is -0.129. The summed E-state index contributed by atoms with van der Waals surface area (Å²) in [7, 11) is 1.99. The average molecular weight is 301 g/mol. The van der Waals surface area contributed by atoms with Crippen molar-refractivity contribution < 1.29 is 4.79 Å². The van der Waals surface area contributed by atoms with Crippen LogP contribution in [0.25, 0.3) is 11.3 Å². The molecule has 2 aromatic rings. The maximum absolute atomic E-state index is 12.0. The van der Waals surface area contributed by atoms with E-state index < -0.39 is 0 Å². The average Bonchev–Trinajstić information content (AvgIpc) is 3.24. The van der Waals surface area contributed by atoms with Crippen molar-refractivity contribution in [3.63, 3.8) is 0 Å². The molecule has 5 heteroatoms. The second kappa shape index (κ2) is 5.93. The Bertz CT molecular complexity index is 634. The molecule has 1 heterocycles. The Balaban J connectivity index is 1.71. The first kappa shape index (κ1) is 14.2. The molecule has 0 saturated heterocycles. The van der Waals surface area contributed by atoms with Gasteiger partial charge in [-0.2, -0.15) is 0 Å². The van der Waals surface area contributed by atoms with Crippen LogP contribution in [0.2, 0.25) is 0 Å². The Morgan fingerprint density at radius 3 is 2.76 bits per heavy atom. The van der Waals surface area contributed by atoms with Crippen LogP contribution in [0.15, 0.2) is 41.7 Å². The monoisotopic (exact) mass is 301 g/mol. The van der Waals surface area contributed by atoms with Gasteiger partial charge in [0, 0.05) is 13.1 Å². The summed E-state index contributed by atoms with van der Waals surface area (Å²) >= 11 is 1.50. The molecule has 1 unspecified atom stereocenters. The summed E-state index contributed by atoms with van der Waals surface area (Å²) in [6.45, 7) is 1.93. The van der Waals surface area contributed by atoms with Crippen LogP contribution in [0.5, 0.6) is 0 Å². The van der Waals surface area contributed by atoms with Crippen LogP contribution in [-0.2, 0) is 11.8 Å². The first-order valence-corrected chi connectivity index (χ1v) is 8.07. The first-order chi connectivity index (χ1) is 10.1. The van der Waals surface area contributed by atoms with Crippen molar-refractivity contribution in [1.29, 1.82) is 0 Å². The van der Waals surface area contributed by atoms with Crippen molar-refractivity contribution in [3.8, 4) is 11.3 Å². The van der Waals surface area contributed by atoms with Gasteiger partial charge in [-0.05, 0) is 25.3 Å². The van der Waals surface area contributed by atoms with Gasteiger partial charge in [0.05, 0.1) is 17.1 Å². The highest BCUT2D eigenvalue weighted by Crippen LogP contribution is 2.28. The third kappa shape index (κ3) is 3.29. The fourth-order valence-corrected chi connectivity index (χ4v) is 3.00. The smallest absolute Gasteiger partial charge is 0.233 e. The predicted octanol–water partition coefficient (Wildman–Crippen LogP) is 2.85. The van der Waals surface area contributed by atoms with E-state index in [0.29, 0.717) is 6.04 Å². The van der Waals surface area contributed by atoms with E-state index in [2.05, 4.69) is 22.4 Å². The molecule has 1 fully saturated rings. The summed E-state index contributed by atoms with van der Waals surface area (Å²) in [5.41, 5.74) is 2.20. The molecule has 0 spiro atoms. The van der Waals surface area contributed by atoms with E-state index in [1.807, 2.05) is 42.9 Å². The van der Waals surface area contributed by atoms with Gasteiger partial charge >= 0.3 is 0 Å². The molecule has 1 saturated carbocycles. The van der Waals surface area contributed by atoms with E-state index in [1.54, 1.807) is 0 Å². The van der Waals surface area contributed by atoms with Crippen molar-refractivity contribution in [2.45, 2.75) is 36.2 Å². The summed E-state index contributed by atoms with van der Waals surface area (Å²) < 4.78 is 2.04.